The minimum atomic E-state index is -0.453. The first-order valence-corrected chi connectivity index (χ1v) is 10.8. The van der Waals surface area contributed by atoms with Crippen molar-refractivity contribution in [1.29, 1.82) is 0 Å². The maximum absolute atomic E-state index is 12.6. The van der Waals surface area contributed by atoms with E-state index in [4.69, 9.17) is 9.47 Å². The topological polar surface area (TPSA) is 70.4 Å². The quantitative estimate of drug-likeness (QED) is 0.392. The summed E-state index contributed by atoms with van der Waals surface area (Å²) in [6.07, 6.45) is 2.36. The van der Waals surface area contributed by atoms with Crippen molar-refractivity contribution < 1.29 is 19.1 Å². The van der Waals surface area contributed by atoms with Crippen LogP contribution in [0.25, 0.3) is 10.6 Å². The highest BCUT2D eigenvalue weighted by Gasteiger charge is 2.28. The van der Waals surface area contributed by atoms with E-state index in [2.05, 4.69) is 9.55 Å². The Morgan fingerprint density at radius 1 is 1.20 bits per heavy atom. The summed E-state index contributed by atoms with van der Waals surface area (Å²) < 4.78 is 12.6. The maximum Gasteiger partial charge on any atom is 0.312 e. The lowest BCUT2D eigenvalue weighted by Crippen LogP contribution is -2.16. The Labute approximate surface area is 179 Å². The molecular formula is C23H24N2O4S. The van der Waals surface area contributed by atoms with Crippen LogP contribution in [0.3, 0.4) is 0 Å². The lowest BCUT2D eigenvalue weighted by molar-refractivity contribution is -0.141. The number of ketones is 1. The Balaban J connectivity index is 1.33. The van der Waals surface area contributed by atoms with Crippen LogP contribution in [0.15, 0.2) is 35.7 Å². The molecule has 1 aliphatic rings. The first-order valence-electron chi connectivity index (χ1n) is 9.92. The van der Waals surface area contributed by atoms with Crippen LogP contribution in [0, 0.1) is 13.8 Å². The van der Waals surface area contributed by atoms with E-state index in [9.17, 15) is 9.59 Å². The molecule has 0 N–H and O–H groups in total. The summed E-state index contributed by atoms with van der Waals surface area (Å²) in [5.74, 6) is 0.160. The number of hydrogen-bond donors (Lipinski definition) is 0. The molecule has 0 amide bonds. The maximum atomic E-state index is 12.6. The first-order chi connectivity index (χ1) is 14.5. The molecule has 3 aromatic rings. The zero-order valence-corrected chi connectivity index (χ0v) is 18.1. The van der Waals surface area contributed by atoms with Gasteiger partial charge in [-0.25, -0.2) is 4.98 Å². The molecule has 2 heterocycles. The van der Waals surface area contributed by atoms with Crippen molar-refractivity contribution in [3.63, 3.8) is 0 Å². The van der Waals surface area contributed by atoms with Crippen LogP contribution >= 0.6 is 11.3 Å². The van der Waals surface area contributed by atoms with E-state index in [0.29, 0.717) is 17.3 Å². The van der Waals surface area contributed by atoms with Gasteiger partial charge < -0.3 is 14.0 Å². The van der Waals surface area contributed by atoms with Crippen molar-refractivity contribution in [2.24, 2.45) is 0 Å². The van der Waals surface area contributed by atoms with E-state index in [1.165, 1.54) is 11.3 Å². The Bertz CT molecular complexity index is 1080. The van der Waals surface area contributed by atoms with Gasteiger partial charge in [0.15, 0.2) is 6.61 Å². The van der Waals surface area contributed by atoms with Gasteiger partial charge in [-0.1, -0.05) is 0 Å². The van der Waals surface area contributed by atoms with Gasteiger partial charge in [0.1, 0.15) is 10.8 Å². The smallest absolute Gasteiger partial charge is 0.312 e. The largest absolute Gasteiger partial charge is 0.497 e. The van der Waals surface area contributed by atoms with E-state index in [-0.39, 0.29) is 18.8 Å². The number of aryl methyl sites for hydroxylation is 1. The minimum absolute atomic E-state index is 0.0427. The number of rotatable bonds is 8. The van der Waals surface area contributed by atoms with Crippen LogP contribution in [0.1, 0.15) is 46.3 Å². The fraction of sp³-hybridized carbons (Fsp3) is 0.348. The van der Waals surface area contributed by atoms with Crippen LogP contribution in [-0.4, -0.2) is 35.0 Å². The van der Waals surface area contributed by atoms with Gasteiger partial charge in [0.25, 0.3) is 0 Å². The van der Waals surface area contributed by atoms with Crippen molar-refractivity contribution in [3.8, 4) is 16.3 Å². The monoisotopic (exact) mass is 424 g/mol. The molecule has 0 saturated heterocycles. The minimum Gasteiger partial charge on any atom is -0.497 e. The van der Waals surface area contributed by atoms with Crippen molar-refractivity contribution in [1.82, 2.24) is 9.55 Å². The normalized spacial score (nSPS) is 13.3. The van der Waals surface area contributed by atoms with Gasteiger partial charge in [-0.15, -0.1) is 11.3 Å². The number of benzene rings is 1. The van der Waals surface area contributed by atoms with E-state index in [1.54, 1.807) is 7.11 Å². The number of ether oxygens (including phenoxy) is 2. The summed E-state index contributed by atoms with van der Waals surface area (Å²) in [7, 11) is 1.62. The number of aromatic nitrogens is 2. The number of esters is 1. The number of Topliss-reactive ketones (excluding diaryl/α,β-unsaturated/α-hetero) is 1. The molecule has 0 bridgehead atoms. The Morgan fingerprint density at radius 3 is 2.60 bits per heavy atom. The predicted molar refractivity (Wildman–Crippen MR) is 115 cm³/mol. The summed E-state index contributed by atoms with van der Waals surface area (Å²) in [6.45, 7) is 3.72. The van der Waals surface area contributed by atoms with Crippen LogP contribution in [0.5, 0.6) is 5.75 Å². The number of nitrogens with zero attached hydrogens (tertiary/aromatic N) is 2. The second kappa shape index (κ2) is 8.44. The molecule has 1 saturated carbocycles. The van der Waals surface area contributed by atoms with Crippen molar-refractivity contribution in [2.45, 2.75) is 39.2 Å². The Hall–Kier alpha value is -2.93. The van der Waals surface area contributed by atoms with E-state index >= 15 is 0 Å². The Morgan fingerprint density at radius 2 is 1.93 bits per heavy atom. The molecule has 0 atom stereocenters. The highest BCUT2D eigenvalue weighted by atomic mass is 32.1. The van der Waals surface area contributed by atoms with Gasteiger partial charge in [-0.3, -0.25) is 9.59 Å². The Kier molecular flexibility index (Phi) is 5.72. The number of hydrogen-bond acceptors (Lipinski definition) is 6. The number of methoxy groups -OCH3 is 1. The molecule has 0 radical (unpaired) electrons. The van der Waals surface area contributed by atoms with Crippen LogP contribution in [0.4, 0.5) is 0 Å². The molecule has 1 aliphatic carbocycles. The highest BCUT2D eigenvalue weighted by molar-refractivity contribution is 7.13. The van der Waals surface area contributed by atoms with E-state index < -0.39 is 5.97 Å². The molecule has 1 aromatic carbocycles. The number of thiazole rings is 1. The predicted octanol–water partition coefficient (Wildman–Crippen LogP) is 4.54. The molecule has 7 heteroatoms. The molecule has 0 spiro atoms. The average molecular weight is 425 g/mol. The second-order valence-electron chi connectivity index (χ2n) is 7.52. The zero-order chi connectivity index (χ0) is 21.3. The third-order valence-electron chi connectivity index (χ3n) is 5.28. The van der Waals surface area contributed by atoms with Crippen molar-refractivity contribution in [2.75, 3.05) is 13.7 Å². The number of carbonyl (C=O) groups excluding carboxylic acids is 2. The van der Waals surface area contributed by atoms with Crippen LogP contribution in [0.2, 0.25) is 0 Å². The van der Waals surface area contributed by atoms with Gasteiger partial charge >= 0.3 is 5.97 Å². The molecule has 30 heavy (non-hydrogen) atoms. The van der Waals surface area contributed by atoms with Crippen molar-refractivity contribution in [3.05, 3.63) is 58.4 Å². The van der Waals surface area contributed by atoms with E-state index in [1.807, 2.05) is 49.6 Å². The second-order valence-corrected chi connectivity index (χ2v) is 8.38. The zero-order valence-electron chi connectivity index (χ0n) is 17.3. The summed E-state index contributed by atoms with van der Waals surface area (Å²) in [6, 6.07) is 10.0. The van der Waals surface area contributed by atoms with Gasteiger partial charge in [0, 0.05) is 33.9 Å². The van der Waals surface area contributed by atoms with Gasteiger partial charge in [-0.05, 0) is 57.0 Å². The summed E-state index contributed by atoms with van der Waals surface area (Å²) in [5, 5.41) is 2.66. The number of carbonyl (C=O) groups is 2. The molecular weight excluding hydrogens is 400 g/mol. The molecule has 156 valence electrons. The SMILES string of the molecule is COc1ccc(-c2nc(CC(=O)OCC(=O)c3cc(C)n(C4CC4)c3C)cs2)cc1. The molecule has 6 nitrogen and oxygen atoms in total. The summed E-state index contributed by atoms with van der Waals surface area (Å²) in [4.78, 5) is 29.3. The summed E-state index contributed by atoms with van der Waals surface area (Å²) in [5.41, 5.74) is 4.28. The van der Waals surface area contributed by atoms with Crippen LogP contribution < -0.4 is 4.74 Å². The van der Waals surface area contributed by atoms with Gasteiger partial charge in [0.05, 0.1) is 19.2 Å². The van der Waals surface area contributed by atoms with Gasteiger partial charge in [0.2, 0.25) is 5.78 Å². The molecule has 1 fully saturated rings. The van der Waals surface area contributed by atoms with Crippen LogP contribution in [-0.2, 0) is 16.0 Å². The summed E-state index contributed by atoms with van der Waals surface area (Å²) >= 11 is 1.46. The fourth-order valence-electron chi connectivity index (χ4n) is 3.63. The molecule has 2 aromatic heterocycles. The lowest BCUT2D eigenvalue weighted by Gasteiger charge is -2.07. The van der Waals surface area contributed by atoms with Gasteiger partial charge in [-0.2, -0.15) is 0 Å². The molecule has 0 aliphatic heterocycles. The lowest BCUT2D eigenvalue weighted by atomic mass is 10.1. The molecule has 4 rings (SSSR count). The van der Waals surface area contributed by atoms with E-state index in [0.717, 1.165) is 40.6 Å². The first kappa shape index (κ1) is 20.3. The van der Waals surface area contributed by atoms with Crippen molar-refractivity contribution >= 4 is 23.1 Å². The highest BCUT2D eigenvalue weighted by Crippen LogP contribution is 2.38. The third kappa shape index (κ3) is 4.31. The average Bonchev–Trinajstić information content (AvgIpc) is 3.39. The third-order valence-corrected chi connectivity index (χ3v) is 6.22. The molecule has 0 unspecified atom stereocenters. The standard InChI is InChI=1S/C23H24N2O4S/c1-14-10-20(15(2)25(14)18-6-7-18)21(26)12-29-22(27)11-17-13-30-23(24-17)16-4-8-19(28-3)9-5-16/h4-5,8-10,13,18H,6-7,11-12H2,1-3H3. The fourth-order valence-corrected chi connectivity index (χ4v) is 4.46.